The largest absolute Gasteiger partial charge is 0.497 e. The fourth-order valence-corrected chi connectivity index (χ4v) is 1.42. The SMILES string of the molecule is COc1ccc(C#CCCCCN)c(C)c1. The highest BCUT2D eigenvalue weighted by Crippen LogP contribution is 2.15. The number of nitrogens with two attached hydrogens (primary N) is 1. The molecule has 0 spiro atoms. The molecule has 16 heavy (non-hydrogen) atoms. The van der Waals surface area contributed by atoms with E-state index in [2.05, 4.69) is 11.8 Å². The second-order valence-electron chi connectivity index (χ2n) is 3.73. The van der Waals surface area contributed by atoms with Gasteiger partial charge in [-0.15, -0.1) is 0 Å². The third-order valence-corrected chi connectivity index (χ3v) is 2.41. The number of ether oxygens (including phenoxy) is 1. The van der Waals surface area contributed by atoms with Crippen molar-refractivity contribution in [3.63, 3.8) is 0 Å². The smallest absolute Gasteiger partial charge is 0.119 e. The maximum atomic E-state index is 5.42. The molecule has 0 saturated carbocycles. The van der Waals surface area contributed by atoms with Gasteiger partial charge in [0.15, 0.2) is 0 Å². The molecular weight excluding hydrogens is 198 g/mol. The Balaban J connectivity index is 2.59. The van der Waals surface area contributed by atoms with Crippen LogP contribution in [0.5, 0.6) is 5.75 Å². The Labute approximate surface area is 97.8 Å². The second-order valence-corrected chi connectivity index (χ2v) is 3.73. The van der Waals surface area contributed by atoms with E-state index >= 15 is 0 Å². The highest BCUT2D eigenvalue weighted by atomic mass is 16.5. The predicted molar refractivity (Wildman–Crippen MR) is 67.5 cm³/mol. The second kappa shape index (κ2) is 6.92. The van der Waals surface area contributed by atoms with Crippen molar-refractivity contribution >= 4 is 0 Å². The van der Waals surface area contributed by atoms with Crippen LogP contribution in [-0.2, 0) is 0 Å². The van der Waals surface area contributed by atoms with Crippen LogP contribution in [0, 0.1) is 18.8 Å². The molecular formula is C14H19NO. The van der Waals surface area contributed by atoms with Crippen molar-refractivity contribution in [2.75, 3.05) is 13.7 Å². The van der Waals surface area contributed by atoms with Crippen molar-refractivity contribution in [2.24, 2.45) is 5.73 Å². The molecule has 0 unspecified atom stereocenters. The third-order valence-electron chi connectivity index (χ3n) is 2.41. The van der Waals surface area contributed by atoms with Crippen molar-refractivity contribution in [3.8, 4) is 17.6 Å². The number of hydrogen-bond donors (Lipinski definition) is 1. The monoisotopic (exact) mass is 217 g/mol. The maximum Gasteiger partial charge on any atom is 0.119 e. The first kappa shape index (κ1) is 12.6. The van der Waals surface area contributed by atoms with E-state index in [1.165, 1.54) is 0 Å². The summed E-state index contributed by atoms with van der Waals surface area (Å²) in [6, 6.07) is 5.95. The van der Waals surface area contributed by atoms with Gasteiger partial charge in [-0.2, -0.15) is 0 Å². The van der Waals surface area contributed by atoms with E-state index in [1.54, 1.807) is 7.11 Å². The molecule has 1 aromatic carbocycles. The lowest BCUT2D eigenvalue weighted by Gasteiger charge is -2.02. The third kappa shape index (κ3) is 3.96. The highest BCUT2D eigenvalue weighted by Gasteiger charge is 1.96. The first-order valence-electron chi connectivity index (χ1n) is 5.61. The van der Waals surface area contributed by atoms with Crippen LogP contribution >= 0.6 is 0 Å². The molecule has 86 valence electrons. The van der Waals surface area contributed by atoms with E-state index in [9.17, 15) is 0 Å². The number of rotatable bonds is 4. The molecule has 2 heteroatoms. The van der Waals surface area contributed by atoms with Gasteiger partial charge in [0.2, 0.25) is 0 Å². The Morgan fingerprint density at radius 2 is 2.12 bits per heavy atom. The molecule has 0 aliphatic carbocycles. The van der Waals surface area contributed by atoms with Gasteiger partial charge < -0.3 is 10.5 Å². The summed E-state index contributed by atoms with van der Waals surface area (Å²) in [7, 11) is 1.67. The zero-order chi connectivity index (χ0) is 11.8. The van der Waals surface area contributed by atoms with Crippen LogP contribution in [0.25, 0.3) is 0 Å². The Morgan fingerprint density at radius 3 is 2.75 bits per heavy atom. The van der Waals surface area contributed by atoms with Crippen LogP contribution in [0.1, 0.15) is 30.4 Å². The molecule has 0 aromatic heterocycles. The van der Waals surface area contributed by atoms with E-state index in [0.29, 0.717) is 0 Å². The molecule has 0 atom stereocenters. The van der Waals surface area contributed by atoms with E-state index in [4.69, 9.17) is 10.5 Å². The summed E-state index contributed by atoms with van der Waals surface area (Å²) < 4.78 is 5.15. The van der Waals surface area contributed by atoms with Crippen LogP contribution in [0.15, 0.2) is 18.2 Å². The van der Waals surface area contributed by atoms with Gasteiger partial charge in [-0.1, -0.05) is 11.8 Å². The first-order valence-corrected chi connectivity index (χ1v) is 5.61. The summed E-state index contributed by atoms with van der Waals surface area (Å²) >= 11 is 0. The summed E-state index contributed by atoms with van der Waals surface area (Å²) in [4.78, 5) is 0. The molecule has 0 fully saturated rings. The predicted octanol–water partition coefficient (Wildman–Crippen LogP) is 2.48. The zero-order valence-electron chi connectivity index (χ0n) is 10.0. The molecule has 1 rings (SSSR count). The molecule has 2 nitrogen and oxygen atoms in total. The molecule has 0 radical (unpaired) electrons. The fraction of sp³-hybridized carbons (Fsp3) is 0.429. The summed E-state index contributed by atoms with van der Waals surface area (Å²) in [6.45, 7) is 2.80. The minimum Gasteiger partial charge on any atom is -0.497 e. The summed E-state index contributed by atoms with van der Waals surface area (Å²) in [5.41, 5.74) is 7.65. The van der Waals surface area contributed by atoms with E-state index in [-0.39, 0.29) is 0 Å². The molecule has 0 amide bonds. The van der Waals surface area contributed by atoms with Gasteiger partial charge in [0, 0.05) is 12.0 Å². The lowest BCUT2D eigenvalue weighted by atomic mass is 10.1. The normalized spacial score (nSPS) is 9.44. The zero-order valence-corrected chi connectivity index (χ0v) is 10.0. The molecule has 2 N–H and O–H groups in total. The van der Waals surface area contributed by atoms with Crippen molar-refractivity contribution in [2.45, 2.75) is 26.2 Å². The van der Waals surface area contributed by atoms with Crippen LogP contribution in [0.3, 0.4) is 0 Å². The number of benzene rings is 1. The minimum absolute atomic E-state index is 0.753. The van der Waals surface area contributed by atoms with Gasteiger partial charge in [0.25, 0.3) is 0 Å². The Bertz CT molecular complexity index is 387. The average molecular weight is 217 g/mol. The Hall–Kier alpha value is -1.46. The van der Waals surface area contributed by atoms with Gasteiger partial charge in [-0.05, 0) is 50.1 Å². The average Bonchev–Trinajstić information content (AvgIpc) is 2.30. The van der Waals surface area contributed by atoms with Gasteiger partial charge in [-0.3, -0.25) is 0 Å². The van der Waals surface area contributed by atoms with Crippen LogP contribution in [0.4, 0.5) is 0 Å². The van der Waals surface area contributed by atoms with Crippen LogP contribution < -0.4 is 10.5 Å². The van der Waals surface area contributed by atoms with Crippen LogP contribution in [0.2, 0.25) is 0 Å². The van der Waals surface area contributed by atoms with Crippen molar-refractivity contribution < 1.29 is 4.74 Å². The molecule has 1 aromatic rings. The van der Waals surface area contributed by atoms with Crippen molar-refractivity contribution in [3.05, 3.63) is 29.3 Å². The van der Waals surface area contributed by atoms with Crippen molar-refractivity contribution in [1.29, 1.82) is 0 Å². The first-order chi connectivity index (χ1) is 7.77. The molecule has 0 heterocycles. The van der Waals surface area contributed by atoms with Crippen molar-refractivity contribution in [1.82, 2.24) is 0 Å². The molecule has 0 bridgehead atoms. The number of unbranched alkanes of at least 4 members (excludes halogenated alkanes) is 2. The van der Waals surface area contributed by atoms with Gasteiger partial charge in [0.1, 0.15) is 5.75 Å². The molecule has 0 aliphatic rings. The lowest BCUT2D eigenvalue weighted by molar-refractivity contribution is 0.414. The number of hydrogen-bond acceptors (Lipinski definition) is 2. The molecule has 0 saturated heterocycles. The highest BCUT2D eigenvalue weighted by molar-refractivity contribution is 5.44. The lowest BCUT2D eigenvalue weighted by Crippen LogP contribution is -1.96. The molecule has 0 aliphatic heterocycles. The summed E-state index contributed by atoms with van der Waals surface area (Å²) in [5.74, 6) is 7.23. The Kier molecular flexibility index (Phi) is 5.45. The Morgan fingerprint density at radius 1 is 1.31 bits per heavy atom. The number of methoxy groups -OCH3 is 1. The van der Waals surface area contributed by atoms with E-state index in [1.807, 2.05) is 25.1 Å². The van der Waals surface area contributed by atoms with Gasteiger partial charge in [0.05, 0.1) is 7.11 Å². The van der Waals surface area contributed by atoms with E-state index in [0.717, 1.165) is 42.7 Å². The minimum atomic E-state index is 0.753. The topological polar surface area (TPSA) is 35.2 Å². The quantitative estimate of drug-likeness (QED) is 0.621. The standard InChI is InChI=1S/C14H19NO/c1-12-11-14(16-2)9-8-13(12)7-5-3-4-6-10-15/h8-9,11H,3-4,6,10,15H2,1-2H3. The summed E-state index contributed by atoms with van der Waals surface area (Å²) in [6.07, 6.45) is 3.05. The van der Waals surface area contributed by atoms with Gasteiger partial charge in [-0.25, -0.2) is 0 Å². The van der Waals surface area contributed by atoms with Gasteiger partial charge >= 0.3 is 0 Å². The van der Waals surface area contributed by atoms with Crippen LogP contribution in [-0.4, -0.2) is 13.7 Å². The van der Waals surface area contributed by atoms with E-state index < -0.39 is 0 Å². The maximum absolute atomic E-state index is 5.42. The summed E-state index contributed by atoms with van der Waals surface area (Å²) in [5, 5.41) is 0. The number of aryl methyl sites for hydroxylation is 1. The fourth-order valence-electron chi connectivity index (χ4n) is 1.42.